The van der Waals surface area contributed by atoms with Crippen molar-refractivity contribution in [3.8, 4) is 23.1 Å². The molecular formula is C22H19F3N6O2. The molecule has 3 aromatic heterocycles. The summed E-state index contributed by atoms with van der Waals surface area (Å²) in [4.78, 5) is 13.2. The van der Waals surface area contributed by atoms with Crippen LogP contribution in [0.1, 0.15) is 28.7 Å². The van der Waals surface area contributed by atoms with Crippen LogP contribution in [0.15, 0.2) is 48.9 Å². The highest BCUT2D eigenvalue weighted by Crippen LogP contribution is 2.39. The van der Waals surface area contributed by atoms with E-state index in [1.54, 1.807) is 33.8 Å². The summed E-state index contributed by atoms with van der Waals surface area (Å²) in [5.41, 5.74) is 1.20. The number of hydrogen-bond acceptors (Lipinski definition) is 6. The van der Waals surface area contributed by atoms with Crippen LogP contribution >= 0.6 is 0 Å². The standard InChI is InChI=1S/C22H19F3N6O2/c1-13-11-30(12-26-13)17-8-7-16(27-21(17)32-2)19-28-20-18(33-10-9-31(20)29-19)14-5-3-4-6-15(14)22(23,24)25/h3-8,11-12,18H,9-10H2,1-2H3/t18-/m0/s1. The van der Waals surface area contributed by atoms with E-state index >= 15 is 0 Å². The number of methoxy groups -OCH3 is 1. The first kappa shape index (κ1) is 21.1. The summed E-state index contributed by atoms with van der Waals surface area (Å²) in [6.07, 6.45) is -2.01. The fourth-order valence-corrected chi connectivity index (χ4v) is 3.82. The van der Waals surface area contributed by atoms with E-state index in [2.05, 4.69) is 20.1 Å². The van der Waals surface area contributed by atoms with Crippen LogP contribution in [0.25, 0.3) is 17.2 Å². The van der Waals surface area contributed by atoms with E-state index in [1.165, 1.54) is 19.2 Å². The zero-order chi connectivity index (χ0) is 23.2. The Kier molecular flexibility index (Phi) is 5.12. The highest BCUT2D eigenvalue weighted by Gasteiger charge is 2.38. The van der Waals surface area contributed by atoms with Gasteiger partial charge in [0, 0.05) is 11.8 Å². The molecule has 1 atom stereocenters. The Hall–Kier alpha value is -3.73. The van der Waals surface area contributed by atoms with Crippen LogP contribution in [-0.2, 0) is 17.5 Å². The number of imidazole rings is 1. The first-order valence-corrected chi connectivity index (χ1v) is 10.1. The number of ether oxygens (including phenoxy) is 2. The molecule has 0 amide bonds. The topological polar surface area (TPSA) is 79.9 Å². The van der Waals surface area contributed by atoms with E-state index < -0.39 is 17.8 Å². The van der Waals surface area contributed by atoms with Gasteiger partial charge in [-0.05, 0) is 25.1 Å². The highest BCUT2D eigenvalue weighted by atomic mass is 19.4. The predicted molar refractivity (Wildman–Crippen MR) is 111 cm³/mol. The second-order valence-corrected chi connectivity index (χ2v) is 7.50. The summed E-state index contributed by atoms with van der Waals surface area (Å²) in [6.45, 7) is 2.46. The highest BCUT2D eigenvalue weighted by molar-refractivity contribution is 5.55. The SMILES string of the molecule is COc1nc(-c2nc3n(n2)CCO[C@H]3c2ccccc2C(F)(F)F)ccc1-n1cnc(C)c1. The monoisotopic (exact) mass is 456 g/mol. The molecule has 8 nitrogen and oxygen atoms in total. The molecule has 5 rings (SSSR count). The van der Waals surface area contributed by atoms with Crippen molar-refractivity contribution in [3.05, 3.63) is 71.6 Å². The zero-order valence-corrected chi connectivity index (χ0v) is 17.7. The third-order valence-electron chi connectivity index (χ3n) is 5.32. The fraction of sp³-hybridized carbons (Fsp3) is 0.273. The summed E-state index contributed by atoms with van der Waals surface area (Å²) >= 11 is 0. The number of aryl methyl sites for hydroxylation is 1. The normalized spacial score (nSPS) is 16.0. The lowest BCUT2D eigenvalue weighted by Gasteiger charge is -2.25. The fourth-order valence-electron chi connectivity index (χ4n) is 3.82. The van der Waals surface area contributed by atoms with Gasteiger partial charge in [-0.25, -0.2) is 19.6 Å². The molecular weight excluding hydrogens is 437 g/mol. The lowest BCUT2D eigenvalue weighted by Crippen LogP contribution is -2.25. The number of rotatable bonds is 4. The molecule has 1 aromatic carbocycles. The molecule has 170 valence electrons. The maximum atomic E-state index is 13.6. The van der Waals surface area contributed by atoms with E-state index in [1.807, 2.05) is 13.1 Å². The average molecular weight is 456 g/mol. The van der Waals surface area contributed by atoms with Crippen molar-refractivity contribution in [1.82, 2.24) is 29.3 Å². The van der Waals surface area contributed by atoms with Crippen LogP contribution in [-0.4, -0.2) is 43.0 Å². The molecule has 0 radical (unpaired) electrons. The van der Waals surface area contributed by atoms with Crippen molar-refractivity contribution in [2.75, 3.05) is 13.7 Å². The molecule has 4 heterocycles. The van der Waals surface area contributed by atoms with Gasteiger partial charge in [-0.1, -0.05) is 18.2 Å². The molecule has 0 saturated carbocycles. The Balaban J connectivity index is 1.55. The van der Waals surface area contributed by atoms with E-state index in [0.717, 1.165) is 11.8 Å². The van der Waals surface area contributed by atoms with Gasteiger partial charge in [0.05, 0.1) is 37.8 Å². The van der Waals surface area contributed by atoms with Crippen molar-refractivity contribution < 1.29 is 22.6 Å². The second kappa shape index (κ2) is 8.00. The number of hydrogen-bond donors (Lipinski definition) is 0. The lowest BCUT2D eigenvalue weighted by molar-refractivity contribution is -0.139. The van der Waals surface area contributed by atoms with Crippen LogP contribution in [0.5, 0.6) is 5.88 Å². The van der Waals surface area contributed by atoms with Gasteiger partial charge in [0.1, 0.15) is 17.5 Å². The maximum absolute atomic E-state index is 13.6. The summed E-state index contributed by atoms with van der Waals surface area (Å²) < 4.78 is 55.3. The first-order chi connectivity index (χ1) is 15.8. The van der Waals surface area contributed by atoms with E-state index in [9.17, 15) is 13.2 Å². The Morgan fingerprint density at radius 1 is 1.12 bits per heavy atom. The van der Waals surface area contributed by atoms with Gasteiger partial charge in [0.25, 0.3) is 0 Å². The average Bonchev–Trinajstić information content (AvgIpc) is 3.44. The molecule has 1 aliphatic heterocycles. The number of nitrogens with zero attached hydrogens (tertiary/aromatic N) is 6. The minimum absolute atomic E-state index is 0.00117. The van der Waals surface area contributed by atoms with Crippen LogP contribution in [0.3, 0.4) is 0 Å². The van der Waals surface area contributed by atoms with Gasteiger partial charge in [0.15, 0.2) is 11.6 Å². The summed E-state index contributed by atoms with van der Waals surface area (Å²) in [6, 6.07) is 8.87. The quantitative estimate of drug-likeness (QED) is 0.462. The van der Waals surface area contributed by atoms with E-state index in [4.69, 9.17) is 9.47 Å². The molecule has 11 heteroatoms. The molecule has 33 heavy (non-hydrogen) atoms. The lowest BCUT2D eigenvalue weighted by atomic mass is 10.0. The van der Waals surface area contributed by atoms with E-state index in [-0.39, 0.29) is 18.0 Å². The van der Waals surface area contributed by atoms with E-state index in [0.29, 0.717) is 29.6 Å². The predicted octanol–water partition coefficient (Wildman–Crippen LogP) is 3.98. The van der Waals surface area contributed by atoms with Crippen molar-refractivity contribution in [3.63, 3.8) is 0 Å². The molecule has 0 aliphatic carbocycles. The molecule has 0 fully saturated rings. The maximum Gasteiger partial charge on any atom is 0.416 e. The van der Waals surface area contributed by atoms with Gasteiger partial charge in [-0.2, -0.15) is 13.2 Å². The third-order valence-corrected chi connectivity index (χ3v) is 5.32. The van der Waals surface area contributed by atoms with Crippen LogP contribution < -0.4 is 4.74 Å². The summed E-state index contributed by atoms with van der Waals surface area (Å²) in [5.74, 6) is 0.910. The van der Waals surface area contributed by atoms with Gasteiger partial charge in [-0.15, -0.1) is 5.10 Å². The van der Waals surface area contributed by atoms with Gasteiger partial charge in [-0.3, -0.25) is 0 Å². The molecule has 1 aliphatic rings. The minimum Gasteiger partial charge on any atom is -0.479 e. The molecule has 0 unspecified atom stereocenters. The van der Waals surface area contributed by atoms with Crippen molar-refractivity contribution >= 4 is 0 Å². The Morgan fingerprint density at radius 2 is 1.94 bits per heavy atom. The number of benzene rings is 1. The molecule has 0 saturated heterocycles. The van der Waals surface area contributed by atoms with Crippen molar-refractivity contribution in [2.45, 2.75) is 25.7 Å². The van der Waals surface area contributed by atoms with Gasteiger partial charge < -0.3 is 14.0 Å². The third kappa shape index (κ3) is 3.84. The zero-order valence-electron chi connectivity index (χ0n) is 17.7. The van der Waals surface area contributed by atoms with Crippen LogP contribution in [0.2, 0.25) is 0 Å². The van der Waals surface area contributed by atoms with Crippen molar-refractivity contribution in [2.24, 2.45) is 0 Å². The Morgan fingerprint density at radius 3 is 2.67 bits per heavy atom. The largest absolute Gasteiger partial charge is 0.479 e. The smallest absolute Gasteiger partial charge is 0.416 e. The van der Waals surface area contributed by atoms with Crippen LogP contribution in [0, 0.1) is 6.92 Å². The Labute approximate surface area is 186 Å². The van der Waals surface area contributed by atoms with Crippen LogP contribution in [0.4, 0.5) is 13.2 Å². The number of alkyl halides is 3. The number of pyridine rings is 1. The van der Waals surface area contributed by atoms with Crippen molar-refractivity contribution in [1.29, 1.82) is 0 Å². The Bertz CT molecular complexity index is 1310. The molecule has 0 N–H and O–H groups in total. The summed E-state index contributed by atoms with van der Waals surface area (Å²) in [7, 11) is 1.50. The number of aromatic nitrogens is 6. The van der Waals surface area contributed by atoms with Gasteiger partial charge in [0.2, 0.25) is 5.88 Å². The molecule has 0 spiro atoms. The summed E-state index contributed by atoms with van der Waals surface area (Å²) in [5, 5.41) is 4.48. The molecule has 4 aromatic rings. The first-order valence-electron chi connectivity index (χ1n) is 10.1. The van der Waals surface area contributed by atoms with Gasteiger partial charge >= 0.3 is 6.18 Å². The minimum atomic E-state index is -4.51. The molecule has 0 bridgehead atoms. The second-order valence-electron chi connectivity index (χ2n) is 7.50. The number of fused-ring (bicyclic) bond motifs is 1. The number of halogens is 3.